The van der Waals surface area contributed by atoms with Crippen LogP contribution in [-0.2, 0) is 32.0 Å². The standard InChI is InChI=1S/C27H30F2N4O4S/c1-26(2)25(37)33(22(14-38-26)17-7-19(28)10-20(29)8-17)13-23(35)31-21-6-5-16-11-27(24(36)30-3,32(4)15-34)12-18(16)9-21/h5-10,15,22H,11-14H2,1-4H3,(H,30,36)(H,31,35). The van der Waals surface area contributed by atoms with E-state index in [2.05, 4.69) is 10.6 Å². The molecule has 2 atom stereocenters. The number of anilines is 1. The first-order valence-electron chi connectivity index (χ1n) is 12.1. The van der Waals surface area contributed by atoms with Crippen molar-refractivity contribution in [3.63, 3.8) is 0 Å². The van der Waals surface area contributed by atoms with E-state index in [-0.39, 0.29) is 30.3 Å². The zero-order valence-electron chi connectivity index (χ0n) is 21.6. The molecular formula is C27H30F2N4O4S. The van der Waals surface area contributed by atoms with Crippen LogP contribution >= 0.6 is 11.8 Å². The third-order valence-electron chi connectivity index (χ3n) is 7.28. The number of hydrogen-bond acceptors (Lipinski definition) is 5. The van der Waals surface area contributed by atoms with Crippen LogP contribution in [0.4, 0.5) is 14.5 Å². The van der Waals surface area contributed by atoms with Crippen LogP contribution in [0.2, 0.25) is 0 Å². The first-order chi connectivity index (χ1) is 17.9. The van der Waals surface area contributed by atoms with Crippen molar-refractivity contribution in [2.75, 3.05) is 31.7 Å². The van der Waals surface area contributed by atoms with Crippen LogP contribution in [-0.4, -0.2) is 70.6 Å². The lowest BCUT2D eigenvalue weighted by Crippen LogP contribution is -2.57. The van der Waals surface area contributed by atoms with E-state index >= 15 is 0 Å². The van der Waals surface area contributed by atoms with Gasteiger partial charge in [0.2, 0.25) is 24.1 Å². The predicted octanol–water partition coefficient (Wildman–Crippen LogP) is 2.67. The lowest BCUT2D eigenvalue weighted by Gasteiger charge is -2.42. The molecule has 2 aromatic carbocycles. The van der Waals surface area contributed by atoms with E-state index in [1.165, 1.54) is 40.7 Å². The quantitative estimate of drug-likeness (QED) is 0.523. The Labute approximate surface area is 224 Å². The Morgan fingerprint density at radius 1 is 1.13 bits per heavy atom. The zero-order chi connectivity index (χ0) is 27.8. The van der Waals surface area contributed by atoms with Crippen LogP contribution in [0.3, 0.4) is 0 Å². The van der Waals surface area contributed by atoms with E-state index in [4.69, 9.17) is 0 Å². The largest absolute Gasteiger partial charge is 0.357 e. The van der Waals surface area contributed by atoms with Gasteiger partial charge in [-0.2, -0.15) is 0 Å². The first kappa shape index (κ1) is 27.6. The molecule has 0 saturated carbocycles. The number of thioether (sulfide) groups is 1. The van der Waals surface area contributed by atoms with Crippen molar-refractivity contribution in [2.24, 2.45) is 0 Å². The monoisotopic (exact) mass is 544 g/mol. The van der Waals surface area contributed by atoms with E-state index in [0.717, 1.165) is 17.2 Å². The smallest absolute Gasteiger partial charge is 0.246 e. The van der Waals surface area contributed by atoms with Crippen LogP contribution in [0.25, 0.3) is 0 Å². The molecule has 2 aromatic rings. The Balaban J connectivity index is 1.54. The second-order valence-electron chi connectivity index (χ2n) is 10.2. The van der Waals surface area contributed by atoms with Crippen LogP contribution in [0.5, 0.6) is 0 Å². The molecule has 1 saturated heterocycles. The van der Waals surface area contributed by atoms with Gasteiger partial charge in [0.1, 0.15) is 23.7 Å². The zero-order valence-corrected chi connectivity index (χ0v) is 22.5. The molecule has 202 valence electrons. The molecule has 1 aliphatic heterocycles. The molecule has 38 heavy (non-hydrogen) atoms. The minimum Gasteiger partial charge on any atom is -0.357 e. The number of fused-ring (bicyclic) bond motifs is 1. The molecule has 0 spiro atoms. The van der Waals surface area contributed by atoms with E-state index in [9.17, 15) is 28.0 Å². The molecular weight excluding hydrogens is 514 g/mol. The minimum atomic E-state index is -1.06. The molecule has 0 aromatic heterocycles. The summed E-state index contributed by atoms with van der Waals surface area (Å²) in [5.41, 5.74) is 1.41. The molecule has 4 rings (SSSR count). The number of carbonyl (C=O) groups excluding carboxylic acids is 4. The number of hydrogen-bond donors (Lipinski definition) is 2. The van der Waals surface area contributed by atoms with Gasteiger partial charge in [0.25, 0.3) is 0 Å². The van der Waals surface area contributed by atoms with Gasteiger partial charge in [-0.05, 0) is 54.8 Å². The third kappa shape index (κ3) is 5.11. The van der Waals surface area contributed by atoms with Gasteiger partial charge >= 0.3 is 0 Å². The van der Waals surface area contributed by atoms with E-state index < -0.39 is 33.9 Å². The average Bonchev–Trinajstić information content (AvgIpc) is 3.25. The van der Waals surface area contributed by atoms with Crippen LogP contribution < -0.4 is 10.6 Å². The summed E-state index contributed by atoms with van der Waals surface area (Å²) in [5.74, 6) is -2.18. The molecule has 1 fully saturated rings. The highest BCUT2D eigenvalue weighted by Gasteiger charge is 2.47. The van der Waals surface area contributed by atoms with Crippen molar-refractivity contribution in [1.29, 1.82) is 0 Å². The fourth-order valence-corrected chi connectivity index (χ4v) is 6.33. The molecule has 2 aliphatic rings. The topological polar surface area (TPSA) is 98.8 Å². The van der Waals surface area contributed by atoms with Crippen molar-refractivity contribution < 1.29 is 28.0 Å². The van der Waals surface area contributed by atoms with Gasteiger partial charge in [-0.1, -0.05) is 6.07 Å². The van der Waals surface area contributed by atoms with E-state index in [1.807, 2.05) is 0 Å². The van der Waals surface area contributed by atoms with Gasteiger partial charge in [0, 0.05) is 44.4 Å². The summed E-state index contributed by atoms with van der Waals surface area (Å²) in [6, 6.07) is 7.72. The minimum absolute atomic E-state index is 0.280. The molecule has 0 bridgehead atoms. The molecule has 11 heteroatoms. The number of amides is 4. The summed E-state index contributed by atoms with van der Waals surface area (Å²) >= 11 is 1.37. The van der Waals surface area contributed by atoms with Crippen LogP contribution in [0.1, 0.15) is 36.6 Å². The maximum atomic E-state index is 13.9. The van der Waals surface area contributed by atoms with Crippen molar-refractivity contribution >= 4 is 41.6 Å². The van der Waals surface area contributed by atoms with Gasteiger partial charge in [-0.25, -0.2) is 8.78 Å². The second-order valence-corrected chi connectivity index (χ2v) is 11.8. The number of halogens is 2. The Bertz CT molecular complexity index is 1280. The third-order valence-corrected chi connectivity index (χ3v) is 8.66. The number of benzene rings is 2. The summed E-state index contributed by atoms with van der Waals surface area (Å²) in [6.45, 7) is 3.20. The summed E-state index contributed by atoms with van der Waals surface area (Å²) in [6.07, 6.45) is 1.25. The predicted molar refractivity (Wildman–Crippen MR) is 140 cm³/mol. The molecule has 1 heterocycles. The van der Waals surface area contributed by atoms with Crippen molar-refractivity contribution in [3.8, 4) is 0 Å². The first-order valence-corrected chi connectivity index (χ1v) is 13.1. The number of rotatable bonds is 7. The fourth-order valence-electron chi connectivity index (χ4n) is 5.14. The number of nitrogens with one attached hydrogen (secondary N) is 2. The van der Waals surface area contributed by atoms with Crippen LogP contribution in [0.15, 0.2) is 36.4 Å². The van der Waals surface area contributed by atoms with Gasteiger partial charge in [0.15, 0.2) is 0 Å². The van der Waals surface area contributed by atoms with Gasteiger partial charge in [0.05, 0.1) is 10.8 Å². The summed E-state index contributed by atoms with van der Waals surface area (Å²) in [5, 5.41) is 5.43. The van der Waals surface area contributed by atoms with E-state index in [1.54, 1.807) is 39.1 Å². The van der Waals surface area contributed by atoms with Crippen LogP contribution in [0, 0.1) is 11.6 Å². The Morgan fingerprint density at radius 3 is 2.42 bits per heavy atom. The fraction of sp³-hybridized carbons (Fsp3) is 0.407. The Morgan fingerprint density at radius 2 is 1.79 bits per heavy atom. The molecule has 4 amide bonds. The lowest BCUT2D eigenvalue weighted by atomic mass is 9.93. The molecule has 2 unspecified atom stereocenters. The maximum Gasteiger partial charge on any atom is 0.246 e. The lowest BCUT2D eigenvalue weighted by molar-refractivity contribution is -0.139. The van der Waals surface area contributed by atoms with Gasteiger partial charge in [-0.15, -0.1) is 11.8 Å². The number of nitrogens with zero attached hydrogens (tertiary/aromatic N) is 2. The summed E-state index contributed by atoms with van der Waals surface area (Å²) in [4.78, 5) is 53.3. The van der Waals surface area contributed by atoms with E-state index in [0.29, 0.717) is 24.3 Å². The SMILES string of the molecule is CNC(=O)C1(N(C)C=O)Cc2ccc(NC(=O)CN3C(=O)C(C)(C)SCC3c3cc(F)cc(F)c3)cc2C1. The highest BCUT2D eigenvalue weighted by atomic mass is 32.2. The molecule has 1 aliphatic carbocycles. The highest BCUT2D eigenvalue weighted by Crippen LogP contribution is 2.40. The van der Waals surface area contributed by atoms with Crippen molar-refractivity contribution in [3.05, 3.63) is 64.7 Å². The summed E-state index contributed by atoms with van der Waals surface area (Å²) in [7, 11) is 3.08. The van der Waals surface area contributed by atoms with Gasteiger partial charge in [-0.3, -0.25) is 19.2 Å². The Hall–Kier alpha value is -3.47. The normalized spacial score (nSPS) is 22.0. The molecule has 0 radical (unpaired) electrons. The number of carbonyl (C=O) groups is 4. The number of likely N-dealkylation sites (N-methyl/N-ethyl adjacent to an activating group) is 2. The summed E-state index contributed by atoms with van der Waals surface area (Å²) < 4.78 is 27.1. The highest BCUT2D eigenvalue weighted by molar-refractivity contribution is 8.01. The van der Waals surface area contributed by atoms with Crippen molar-refractivity contribution in [1.82, 2.24) is 15.1 Å². The second kappa shape index (κ2) is 10.4. The Kier molecular flexibility index (Phi) is 7.51. The van der Waals surface area contributed by atoms with Crippen molar-refractivity contribution in [2.45, 2.75) is 43.0 Å². The van der Waals surface area contributed by atoms with Gasteiger partial charge < -0.3 is 20.4 Å². The average molecular weight is 545 g/mol. The molecule has 8 nitrogen and oxygen atoms in total. The maximum absolute atomic E-state index is 13.9. The molecule has 2 N–H and O–H groups in total.